The van der Waals surface area contributed by atoms with Crippen molar-refractivity contribution >= 4 is 24.1 Å². The molecule has 0 amide bonds. The fourth-order valence-electron chi connectivity index (χ4n) is 2.91. The maximum atomic E-state index is 12.2. The summed E-state index contributed by atoms with van der Waals surface area (Å²) >= 11 is 0. The molecule has 0 aromatic heterocycles. The van der Waals surface area contributed by atoms with E-state index in [1.807, 2.05) is 60.7 Å². The number of benzene rings is 2. The number of unbranched alkanes of at least 4 members (excludes halogenated alkanes) is 1. The highest BCUT2D eigenvalue weighted by Crippen LogP contribution is 2.09. The molecule has 2 aromatic carbocycles. The predicted octanol–water partition coefficient (Wildman–Crippen LogP) is 2.75. The van der Waals surface area contributed by atoms with E-state index in [1.54, 1.807) is 0 Å². The summed E-state index contributed by atoms with van der Waals surface area (Å²) in [6.07, 6.45) is 4.20. The van der Waals surface area contributed by atoms with Crippen LogP contribution in [-0.4, -0.2) is 49.4 Å². The summed E-state index contributed by atoms with van der Waals surface area (Å²) < 4.78 is 10.4. The minimum atomic E-state index is -0.951. The van der Waals surface area contributed by atoms with Crippen LogP contribution in [0.5, 0.6) is 0 Å². The van der Waals surface area contributed by atoms with Gasteiger partial charge in [-0.25, -0.2) is 19.2 Å². The van der Waals surface area contributed by atoms with Crippen molar-refractivity contribution in [1.29, 1.82) is 0 Å². The first kappa shape index (κ1) is 24.4. The Morgan fingerprint density at radius 3 is 1.41 bits per heavy atom. The zero-order valence-corrected chi connectivity index (χ0v) is 17.5. The Labute approximate surface area is 186 Å². The van der Waals surface area contributed by atoms with Gasteiger partial charge in [0.15, 0.2) is 12.1 Å². The fraction of sp³-hybridized carbons (Fsp3) is 0.333. The molecular formula is C24H24N2O6. The van der Waals surface area contributed by atoms with E-state index in [1.165, 1.54) is 12.2 Å². The number of hydrogen-bond donors (Lipinski definition) is 0. The number of carbonyl (C=O) groups excluding carboxylic acids is 4. The van der Waals surface area contributed by atoms with E-state index in [4.69, 9.17) is 9.47 Å². The van der Waals surface area contributed by atoms with Crippen molar-refractivity contribution in [2.45, 2.75) is 37.8 Å². The minimum absolute atomic E-state index is 0.0932. The van der Waals surface area contributed by atoms with Crippen LogP contribution in [0.1, 0.15) is 24.0 Å². The van der Waals surface area contributed by atoms with Crippen LogP contribution in [0.3, 0.4) is 0 Å². The van der Waals surface area contributed by atoms with Crippen LogP contribution in [-0.2, 0) is 41.5 Å². The van der Waals surface area contributed by atoms with Crippen LogP contribution in [0.2, 0.25) is 0 Å². The first-order valence-corrected chi connectivity index (χ1v) is 10.2. The Morgan fingerprint density at radius 1 is 0.688 bits per heavy atom. The Bertz CT molecular complexity index is 871. The Morgan fingerprint density at radius 2 is 1.06 bits per heavy atom. The number of nitrogens with zero attached hydrogens (tertiary/aromatic N) is 2. The quantitative estimate of drug-likeness (QED) is 0.207. The molecule has 0 aliphatic rings. The molecule has 0 N–H and O–H groups in total. The van der Waals surface area contributed by atoms with Crippen molar-refractivity contribution in [3.05, 3.63) is 71.8 Å². The van der Waals surface area contributed by atoms with Gasteiger partial charge in [-0.1, -0.05) is 60.7 Å². The largest absolute Gasteiger partial charge is 0.464 e. The van der Waals surface area contributed by atoms with E-state index < -0.39 is 24.0 Å². The van der Waals surface area contributed by atoms with Crippen LogP contribution < -0.4 is 0 Å². The van der Waals surface area contributed by atoms with Gasteiger partial charge in [0.25, 0.3) is 0 Å². The average molecular weight is 436 g/mol. The second-order valence-electron chi connectivity index (χ2n) is 6.89. The molecule has 0 saturated carbocycles. The highest BCUT2D eigenvalue weighted by atomic mass is 16.5. The van der Waals surface area contributed by atoms with Gasteiger partial charge in [-0.05, 0) is 24.0 Å². The number of aliphatic imine (C=N–C) groups is 2. The number of carbonyl (C=O) groups is 2. The number of rotatable bonds is 13. The zero-order valence-electron chi connectivity index (χ0n) is 17.5. The van der Waals surface area contributed by atoms with Gasteiger partial charge in [-0.15, -0.1) is 0 Å². The monoisotopic (exact) mass is 436 g/mol. The van der Waals surface area contributed by atoms with Crippen molar-refractivity contribution in [2.24, 2.45) is 9.98 Å². The standard InChI is InChI=1S/C24H24N2O6/c27-17-25-21(15-19-9-3-1-4-10-19)23(29)31-13-7-8-14-32-24(30)22(26-18-28)16-20-11-5-2-6-12-20/h1-6,9-12,21-22H,7-8,13-16H2. The van der Waals surface area contributed by atoms with E-state index in [-0.39, 0.29) is 26.1 Å². The van der Waals surface area contributed by atoms with E-state index in [9.17, 15) is 19.2 Å². The van der Waals surface area contributed by atoms with Gasteiger partial charge in [0.2, 0.25) is 12.2 Å². The molecule has 0 radical (unpaired) electrons. The summed E-state index contributed by atoms with van der Waals surface area (Å²) in [4.78, 5) is 52.7. The molecular weight excluding hydrogens is 412 g/mol. The van der Waals surface area contributed by atoms with Gasteiger partial charge in [-0.3, -0.25) is 0 Å². The first-order valence-electron chi connectivity index (χ1n) is 10.2. The number of esters is 2. The summed E-state index contributed by atoms with van der Waals surface area (Å²) in [7, 11) is 0. The van der Waals surface area contributed by atoms with Gasteiger partial charge in [0.1, 0.15) is 0 Å². The molecule has 0 heterocycles. The summed E-state index contributed by atoms with van der Waals surface area (Å²) in [6.45, 7) is 0.186. The predicted molar refractivity (Wildman–Crippen MR) is 115 cm³/mol. The van der Waals surface area contributed by atoms with Crippen LogP contribution in [0.15, 0.2) is 70.6 Å². The molecule has 0 saturated heterocycles. The summed E-state index contributed by atoms with van der Waals surface area (Å²) in [6, 6.07) is 16.4. The van der Waals surface area contributed by atoms with Gasteiger partial charge in [0.05, 0.1) is 13.2 Å². The molecule has 0 spiro atoms. The van der Waals surface area contributed by atoms with Crippen molar-refractivity contribution in [3.63, 3.8) is 0 Å². The Kier molecular flexibility index (Phi) is 10.8. The van der Waals surface area contributed by atoms with Crippen LogP contribution >= 0.6 is 0 Å². The average Bonchev–Trinajstić information content (AvgIpc) is 2.82. The van der Waals surface area contributed by atoms with Crippen LogP contribution in [0.4, 0.5) is 0 Å². The molecule has 8 nitrogen and oxygen atoms in total. The SMILES string of the molecule is O=C=NC(Cc1ccccc1)C(=O)OCCCCOC(=O)C(Cc1ccccc1)N=C=O. The number of ether oxygens (including phenoxy) is 2. The maximum Gasteiger partial charge on any atom is 0.332 e. The van der Waals surface area contributed by atoms with E-state index >= 15 is 0 Å². The lowest BCUT2D eigenvalue weighted by molar-refractivity contribution is -0.147. The number of isocyanates is 2. The van der Waals surface area contributed by atoms with Gasteiger partial charge >= 0.3 is 11.9 Å². The van der Waals surface area contributed by atoms with Gasteiger partial charge in [0, 0.05) is 12.8 Å². The molecule has 2 unspecified atom stereocenters. The molecule has 0 fully saturated rings. The first-order chi connectivity index (χ1) is 15.6. The lowest BCUT2D eigenvalue weighted by Crippen LogP contribution is -2.25. The zero-order chi connectivity index (χ0) is 23.0. The molecule has 8 heteroatoms. The van der Waals surface area contributed by atoms with Crippen LogP contribution in [0, 0.1) is 0 Å². The lowest BCUT2D eigenvalue weighted by atomic mass is 10.1. The van der Waals surface area contributed by atoms with E-state index in [0.717, 1.165) is 11.1 Å². The second-order valence-corrected chi connectivity index (χ2v) is 6.89. The summed E-state index contributed by atoms with van der Waals surface area (Å²) in [5, 5.41) is 0. The van der Waals surface area contributed by atoms with Crippen molar-refractivity contribution in [1.82, 2.24) is 0 Å². The van der Waals surface area contributed by atoms with Crippen LogP contribution in [0.25, 0.3) is 0 Å². The molecule has 2 atom stereocenters. The Hall–Kier alpha value is -3.86. The molecule has 0 bridgehead atoms. The van der Waals surface area contributed by atoms with E-state index in [0.29, 0.717) is 12.8 Å². The topological polar surface area (TPSA) is 111 Å². The highest BCUT2D eigenvalue weighted by Gasteiger charge is 2.21. The third kappa shape index (κ3) is 8.88. The van der Waals surface area contributed by atoms with Crippen molar-refractivity contribution in [2.75, 3.05) is 13.2 Å². The fourth-order valence-corrected chi connectivity index (χ4v) is 2.91. The van der Waals surface area contributed by atoms with Gasteiger partial charge in [-0.2, -0.15) is 9.98 Å². The van der Waals surface area contributed by atoms with Crippen molar-refractivity contribution < 1.29 is 28.7 Å². The Balaban J connectivity index is 1.70. The van der Waals surface area contributed by atoms with Crippen molar-refractivity contribution in [3.8, 4) is 0 Å². The molecule has 2 aromatic rings. The summed E-state index contributed by atoms with van der Waals surface area (Å²) in [5.41, 5.74) is 1.70. The molecule has 32 heavy (non-hydrogen) atoms. The highest BCUT2D eigenvalue weighted by molar-refractivity contribution is 5.78. The second kappa shape index (κ2) is 14.2. The maximum absolute atomic E-state index is 12.2. The third-order valence-electron chi connectivity index (χ3n) is 4.53. The molecule has 0 aliphatic heterocycles. The molecule has 166 valence electrons. The van der Waals surface area contributed by atoms with Gasteiger partial charge < -0.3 is 9.47 Å². The minimum Gasteiger partial charge on any atom is -0.464 e. The molecule has 2 rings (SSSR count). The summed E-state index contributed by atoms with van der Waals surface area (Å²) in [5.74, 6) is -1.23. The molecule has 0 aliphatic carbocycles. The number of hydrogen-bond acceptors (Lipinski definition) is 8. The van der Waals surface area contributed by atoms with E-state index in [2.05, 4.69) is 9.98 Å². The normalized spacial score (nSPS) is 11.9. The third-order valence-corrected chi connectivity index (χ3v) is 4.53. The smallest absolute Gasteiger partial charge is 0.332 e. The lowest BCUT2D eigenvalue weighted by Gasteiger charge is -2.12.